The zero-order valence-electron chi connectivity index (χ0n) is 10.6. The molecule has 0 radical (unpaired) electrons. The van der Waals surface area contributed by atoms with Gasteiger partial charge in [0.2, 0.25) is 0 Å². The molecule has 19 heavy (non-hydrogen) atoms. The molecule has 0 aliphatic heterocycles. The van der Waals surface area contributed by atoms with E-state index in [0.29, 0.717) is 11.3 Å². The van der Waals surface area contributed by atoms with Crippen LogP contribution < -0.4 is 5.73 Å². The smallest absolute Gasteiger partial charge is 0.137 e. The van der Waals surface area contributed by atoms with Crippen molar-refractivity contribution in [3.63, 3.8) is 0 Å². The van der Waals surface area contributed by atoms with Gasteiger partial charge in [0.05, 0.1) is 0 Å². The molecule has 0 heterocycles. The molecule has 0 fully saturated rings. The summed E-state index contributed by atoms with van der Waals surface area (Å²) < 4.78 is 26.9. The third-order valence-corrected chi connectivity index (χ3v) is 3.79. The van der Waals surface area contributed by atoms with Crippen LogP contribution in [0.1, 0.15) is 12.5 Å². The van der Waals surface area contributed by atoms with Gasteiger partial charge in [-0.05, 0) is 49.2 Å². The summed E-state index contributed by atoms with van der Waals surface area (Å²) in [7, 11) is 0. The van der Waals surface area contributed by atoms with Crippen molar-refractivity contribution in [3.05, 3.63) is 59.7 Å². The SMILES string of the molecule is CC(N)Cc1cc(F)ccc1Sc1ccccc1F. The molecule has 2 rings (SSSR count). The second kappa shape index (κ2) is 6.17. The Balaban J connectivity index is 2.32. The molecule has 1 unspecified atom stereocenters. The number of benzene rings is 2. The summed E-state index contributed by atoms with van der Waals surface area (Å²) in [6.45, 7) is 1.86. The molecular formula is C15H15F2NS. The summed E-state index contributed by atoms with van der Waals surface area (Å²) in [6, 6.07) is 11.0. The topological polar surface area (TPSA) is 26.0 Å². The monoisotopic (exact) mass is 279 g/mol. The summed E-state index contributed by atoms with van der Waals surface area (Å²) in [5.41, 5.74) is 6.57. The fourth-order valence-electron chi connectivity index (χ4n) is 1.80. The average molecular weight is 279 g/mol. The van der Waals surface area contributed by atoms with E-state index in [1.54, 1.807) is 24.3 Å². The number of halogens is 2. The minimum absolute atomic E-state index is 0.0678. The second-order valence-electron chi connectivity index (χ2n) is 4.47. The first-order valence-corrected chi connectivity index (χ1v) is 6.84. The zero-order chi connectivity index (χ0) is 13.8. The summed E-state index contributed by atoms with van der Waals surface area (Å²) >= 11 is 1.29. The summed E-state index contributed by atoms with van der Waals surface area (Å²) in [4.78, 5) is 1.36. The minimum atomic E-state index is -0.298. The van der Waals surface area contributed by atoms with Gasteiger partial charge in [0.1, 0.15) is 11.6 Å². The Kier molecular flexibility index (Phi) is 4.56. The van der Waals surface area contributed by atoms with E-state index < -0.39 is 0 Å². The fourth-order valence-corrected chi connectivity index (χ4v) is 2.76. The second-order valence-corrected chi connectivity index (χ2v) is 5.55. The zero-order valence-corrected chi connectivity index (χ0v) is 11.4. The van der Waals surface area contributed by atoms with E-state index in [1.807, 2.05) is 6.92 Å². The van der Waals surface area contributed by atoms with Gasteiger partial charge in [0, 0.05) is 15.8 Å². The average Bonchev–Trinajstić information content (AvgIpc) is 2.34. The van der Waals surface area contributed by atoms with Gasteiger partial charge in [-0.2, -0.15) is 0 Å². The predicted molar refractivity (Wildman–Crippen MR) is 74.3 cm³/mol. The van der Waals surface area contributed by atoms with Crippen LogP contribution in [0.5, 0.6) is 0 Å². The van der Waals surface area contributed by atoms with E-state index in [2.05, 4.69) is 0 Å². The lowest BCUT2D eigenvalue weighted by Gasteiger charge is -2.12. The van der Waals surface area contributed by atoms with Crippen molar-refractivity contribution in [3.8, 4) is 0 Å². The van der Waals surface area contributed by atoms with Crippen LogP contribution in [0.25, 0.3) is 0 Å². The fraction of sp³-hybridized carbons (Fsp3) is 0.200. The first-order chi connectivity index (χ1) is 9.06. The van der Waals surface area contributed by atoms with Crippen molar-refractivity contribution < 1.29 is 8.78 Å². The van der Waals surface area contributed by atoms with Crippen LogP contribution in [0.15, 0.2) is 52.3 Å². The van der Waals surface area contributed by atoms with Gasteiger partial charge in [-0.25, -0.2) is 8.78 Å². The standard InChI is InChI=1S/C15H15F2NS/c1-10(18)8-11-9-12(16)6-7-14(11)19-15-5-3-2-4-13(15)17/h2-7,9-10H,8,18H2,1H3. The normalized spacial score (nSPS) is 12.4. The van der Waals surface area contributed by atoms with E-state index in [-0.39, 0.29) is 17.7 Å². The molecule has 0 aliphatic carbocycles. The summed E-state index contributed by atoms with van der Waals surface area (Å²) in [5, 5.41) is 0. The highest BCUT2D eigenvalue weighted by atomic mass is 32.2. The maximum absolute atomic E-state index is 13.6. The molecule has 1 nitrogen and oxygen atoms in total. The van der Waals surface area contributed by atoms with Gasteiger partial charge in [-0.3, -0.25) is 0 Å². The molecule has 0 spiro atoms. The maximum atomic E-state index is 13.6. The molecule has 100 valence electrons. The highest BCUT2D eigenvalue weighted by molar-refractivity contribution is 7.99. The van der Waals surface area contributed by atoms with Gasteiger partial charge >= 0.3 is 0 Å². The highest BCUT2D eigenvalue weighted by Crippen LogP contribution is 2.33. The van der Waals surface area contributed by atoms with Crippen molar-refractivity contribution in [2.45, 2.75) is 29.2 Å². The molecule has 2 N–H and O–H groups in total. The molecule has 4 heteroatoms. The van der Waals surface area contributed by atoms with Gasteiger partial charge < -0.3 is 5.73 Å². The molecule has 0 saturated heterocycles. The molecule has 0 aliphatic rings. The quantitative estimate of drug-likeness (QED) is 0.915. The molecule has 0 bridgehead atoms. The van der Waals surface area contributed by atoms with E-state index in [9.17, 15) is 8.78 Å². The van der Waals surface area contributed by atoms with Crippen LogP contribution in [-0.2, 0) is 6.42 Å². The lowest BCUT2D eigenvalue weighted by atomic mass is 10.1. The van der Waals surface area contributed by atoms with Crippen LogP contribution in [0.2, 0.25) is 0 Å². The van der Waals surface area contributed by atoms with Gasteiger partial charge in [-0.15, -0.1) is 0 Å². The van der Waals surface area contributed by atoms with Crippen LogP contribution >= 0.6 is 11.8 Å². The van der Waals surface area contributed by atoms with Crippen LogP contribution in [0.3, 0.4) is 0 Å². The largest absolute Gasteiger partial charge is 0.328 e. The number of nitrogens with two attached hydrogens (primary N) is 1. The number of rotatable bonds is 4. The molecule has 0 amide bonds. The highest BCUT2D eigenvalue weighted by Gasteiger charge is 2.10. The first-order valence-electron chi connectivity index (χ1n) is 6.02. The Morgan fingerprint density at radius 3 is 2.53 bits per heavy atom. The minimum Gasteiger partial charge on any atom is -0.328 e. The molecule has 0 aromatic heterocycles. The Hall–Kier alpha value is -1.39. The lowest BCUT2D eigenvalue weighted by Crippen LogP contribution is -2.18. The Labute approximate surface area is 115 Å². The van der Waals surface area contributed by atoms with Crippen LogP contribution in [-0.4, -0.2) is 6.04 Å². The van der Waals surface area contributed by atoms with E-state index >= 15 is 0 Å². The third-order valence-electron chi connectivity index (χ3n) is 2.62. The molecule has 1 atom stereocenters. The van der Waals surface area contributed by atoms with Crippen LogP contribution in [0.4, 0.5) is 8.78 Å². The molecule has 0 saturated carbocycles. The van der Waals surface area contributed by atoms with Crippen molar-refractivity contribution in [2.24, 2.45) is 5.73 Å². The summed E-state index contributed by atoms with van der Waals surface area (Å²) in [5.74, 6) is -0.572. The molecular weight excluding hydrogens is 264 g/mol. The predicted octanol–water partition coefficient (Wildman–Crippen LogP) is 4.01. The summed E-state index contributed by atoms with van der Waals surface area (Å²) in [6.07, 6.45) is 0.564. The van der Waals surface area contributed by atoms with E-state index in [1.165, 1.54) is 30.0 Å². The van der Waals surface area contributed by atoms with Gasteiger partial charge in [0.15, 0.2) is 0 Å². The third kappa shape index (κ3) is 3.78. The molecule has 2 aromatic rings. The Morgan fingerprint density at radius 2 is 1.84 bits per heavy atom. The lowest BCUT2D eigenvalue weighted by molar-refractivity contribution is 0.602. The van der Waals surface area contributed by atoms with Crippen molar-refractivity contribution >= 4 is 11.8 Å². The maximum Gasteiger partial charge on any atom is 0.137 e. The van der Waals surface area contributed by atoms with Gasteiger partial charge in [-0.1, -0.05) is 23.9 Å². The van der Waals surface area contributed by atoms with Crippen LogP contribution in [0, 0.1) is 11.6 Å². The number of hydrogen-bond acceptors (Lipinski definition) is 2. The van der Waals surface area contributed by atoms with Gasteiger partial charge in [0.25, 0.3) is 0 Å². The van der Waals surface area contributed by atoms with E-state index in [0.717, 1.165) is 10.5 Å². The Bertz CT molecular complexity index is 570. The first kappa shape index (κ1) is 14.0. The number of hydrogen-bond donors (Lipinski definition) is 1. The van der Waals surface area contributed by atoms with Crippen molar-refractivity contribution in [1.82, 2.24) is 0 Å². The molecule has 2 aromatic carbocycles. The van der Waals surface area contributed by atoms with E-state index in [4.69, 9.17) is 5.73 Å². The van der Waals surface area contributed by atoms with Crippen molar-refractivity contribution in [1.29, 1.82) is 0 Å². The van der Waals surface area contributed by atoms with Crippen molar-refractivity contribution in [2.75, 3.05) is 0 Å². The Morgan fingerprint density at radius 1 is 1.11 bits per heavy atom.